The first-order chi connectivity index (χ1) is 18.9. The molecule has 0 fully saturated rings. The summed E-state index contributed by atoms with van der Waals surface area (Å²) in [5, 5.41) is 11.6. The molecule has 4 aromatic rings. The summed E-state index contributed by atoms with van der Waals surface area (Å²) >= 11 is -0.126. The summed E-state index contributed by atoms with van der Waals surface area (Å²) < 4.78 is 9.35. The van der Waals surface area contributed by atoms with Gasteiger partial charge in [0, 0.05) is 0 Å². The molecule has 0 N–H and O–H groups in total. The van der Waals surface area contributed by atoms with Crippen molar-refractivity contribution in [2.75, 3.05) is 13.2 Å². The molecule has 1 aliphatic rings. The number of rotatable bonds is 9. The minimum absolute atomic E-state index is 0.126. The number of ether oxygens (including phenoxy) is 1. The van der Waals surface area contributed by atoms with Gasteiger partial charge in [-0.1, -0.05) is 24.3 Å². The molecular weight excluding hydrogens is 551 g/mol. The van der Waals surface area contributed by atoms with E-state index >= 15 is 0 Å². The molecule has 5 nitrogen and oxygen atoms in total. The molecule has 5 rings (SSSR count). The Morgan fingerprint density at radius 2 is 1.46 bits per heavy atom. The predicted molar refractivity (Wildman–Crippen MR) is 159 cm³/mol. The normalized spacial score (nSPS) is 14.9. The molecule has 198 valence electrons. The molecule has 39 heavy (non-hydrogen) atoms. The fourth-order valence-corrected chi connectivity index (χ4v) is 8.04. The maximum absolute atomic E-state index is 11.6. The summed E-state index contributed by atoms with van der Waals surface area (Å²) in [6, 6.07) is 34.9. The number of hydrogen-bond acceptors (Lipinski definition) is 4. The molecule has 6 heteroatoms. The number of benzene rings is 4. The van der Waals surface area contributed by atoms with Crippen LogP contribution in [-0.4, -0.2) is 37.2 Å². The monoisotopic (exact) mass is 584 g/mol. The number of hydrogen-bond donors (Lipinski definition) is 0. The molecule has 1 aliphatic heterocycles. The Labute approximate surface area is 236 Å². The van der Waals surface area contributed by atoms with E-state index in [-0.39, 0.29) is 31.3 Å². The van der Waals surface area contributed by atoms with Crippen LogP contribution < -0.4 is 9.20 Å². The molecule has 1 heterocycles. The van der Waals surface area contributed by atoms with E-state index in [4.69, 9.17) is 4.74 Å². The molecule has 0 radical (unpaired) electrons. The second kappa shape index (κ2) is 11.6. The molecule has 4 aromatic carbocycles. The van der Waals surface area contributed by atoms with Gasteiger partial charge in [-0.05, 0) is 0 Å². The first-order valence-corrected chi connectivity index (χ1v) is 14.8. The first kappa shape index (κ1) is 26.9. The van der Waals surface area contributed by atoms with Crippen LogP contribution in [0.15, 0.2) is 103 Å². The van der Waals surface area contributed by atoms with Gasteiger partial charge in [0.1, 0.15) is 0 Å². The van der Waals surface area contributed by atoms with Crippen molar-refractivity contribution in [1.82, 2.24) is 3.92 Å². The van der Waals surface area contributed by atoms with E-state index in [1.807, 2.05) is 24.3 Å². The van der Waals surface area contributed by atoms with Crippen LogP contribution in [-0.2, 0) is 5.54 Å². The molecule has 0 aromatic heterocycles. The summed E-state index contributed by atoms with van der Waals surface area (Å²) in [6.45, 7) is 7.68. The second-order valence-corrected chi connectivity index (χ2v) is 12.1. The number of nitrogens with zero attached hydrogens (tertiary/aromatic N) is 2. The summed E-state index contributed by atoms with van der Waals surface area (Å²) in [5.41, 5.74) is 7.13. The van der Waals surface area contributed by atoms with Crippen LogP contribution in [0.5, 0.6) is 5.75 Å². The van der Waals surface area contributed by atoms with Crippen molar-refractivity contribution in [2.45, 2.75) is 32.7 Å². The topological polar surface area (TPSA) is 55.6 Å². The quantitative estimate of drug-likeness (QED) is 0.0938. The average molecular weight is 584 g/mol. The summed E-state index contributed by atoms with van der Waals surface area (Å²) in [6.07, 6.45) is 0.917. The van der Waals surface area contributed by atoms with Gasteiger partial charge in [0.2, 0.25) is 0 Å². The van der Waals surface area contributed by atoms with Gasteiger partial charge in [-0.2, -0.15) is 0 Å². The molecule has 0 spiro atoms. The fraction of sp³-hybridized carbons (Fsp3) is 0.212. The molecule has 0 saturated carbocycles. The van der Waals surface area contributed by atoms with Crippen LogP contribution in [0.2, 0.25) is 0 Å². The van der Waals surface area contributed by atoms with E-state index in [1.165, 1.54) is 22.3 Å². The number of nitro groups is 1. The van der Waals surface area contributed by atoms with Crippen molar-refractivity contribution in [3.8, 4) is 5.75 Å². The average Bonchev–Trinajstić information content (AvgIpc) is 3.22. The molecule has 0 bridgehead atoms. The molecule has 0 saturated heterocycles. The van der Waals surface area contributed by atoms with Crippen molar-refractivity contribution in [3.05, 3.63) is 135 Å². The van der Waals surface area contributed by atoms with Crippen LogP contribution in [0.1, 0.15) is 49.4 Å². The van der Waals surface area contributed by atoms with Crippen molar-refractivity contribution < 1.29 is 9.66 Å². The Bertz CT molecular complexity index is 1480. The molecular formula is C33H32N2O3Se. The van der Waals surface area contributed by atoms with Gasteiger partial charge in [0.05, 0.1) is 0 Å². The number of fused-ring (bicyclic) bond motifs is 1. The van der Waals surface area contributed by atoms with Gasteiger partial charge in [0.15, 0.2) is 0 Å². The van der Waals surface area contributed by atoms with Crippen molar-refractivity contribution in [3.63, 3.8) is 0 Å². The van der Waals surface area contributed by atoms with Gasteiger partial charge in [-0.3, -0.25) is 0 Å². The zero-order valence-electron chi connectivity index (χ0n) is 22.5. The standard InChI is InChI=1S/C33H32N2O3Se/c1-4-28(24-12-7-5-8-13-24)31(25-14-9-6-10-15-25)26-18-20-27(21-19-26)38-23-22-34-33(2,3)29-16-11-17-30(35(36)37)32(29)39-34/h5-21H,4,22-23H2,1-3H3. The summed E-state index contributed by atoms with van der Waals surface area (Å²) in [4.78, 5) is 11.3. The second-order valence-electron chi connectivity index (χ2n) is 9.98. The summed E-state index contributed by atoms with van der Waals surface area (Å²) in [7, 11) is 0. The van der Waals surface area contributed by atoms with Gasteiger partial charge in [-0.15, -0.1) is 0 Å². The Hall–Kier alpha value is -3.70. The van der Waals surface area contributed by atoms with E-state index in [2.05, 4.69) is 91.4 Å². The van der Waals surface area contributed by atoms with Crippen molar-refractivity contribution in [2.24, 2.45) is 0 Å². The minimum atomic E-state index is -0.266. The summed E-state index contributed by atoms with van der Waals surface area (Å²) in [5.74, 6) is 0.817. The zero-order chi connectivity index (χ0) is 27.4. The SMILES string of the molecule is CCC(=C(c1ccccc1)c1ccc(OCCN2[Se]c3c([N+](=O)[O-])cccc3C2(C)C)cc1)c1ccccc1. The van der Waals surface area contributed by atoms with Crippen LogP contribution in [0.25, 0.3) is 11.1 Å². The molecule has 0 atom stereocenters. The maximum atomic E-state index is 11.6. The van der Waals surface area contributed by atoms with Crippen LogP contribution in [0.3, 0.4) is 0 Å². The Balaban J connectivity index is 1.33. The van der Waals surface area contributed by atoms with E-state index in [9.17, 15) is 10.1 Å². The third-order valence-electron chi connectivity index (χ3n) is 7.22. The van der Waals surface area contributed by atoms with Gasteiger partial charge >= 0.3 is 213 Å². The first-order valence-electron chi connectivity index (χ1n) is 13.2. The Morgan fingerprint density at radius 3 is 2.08 bits per heavy atom. The Morgan fingerprint density at radius 1 is 0.846 bits per heavy atom. The van der Waals surface area contributed by atoms with Gasteiger partial charge < -0.3 is 0 Å². The third kappa shape index (κ3) is 5.55. The van der Waals surface area contributed by atoms with Crippen molar-refractivity contribution in [1.29, 1.82) is 0 Å². The molecule has 0 unspecified atom stereocenters. The van der Waals surface area contributed by atoms with E-state index in [0.717, 1.165) is 27.8 Å². The zero-order valence-corrected chi connectivity index (χ0v) is 24.2. The third-order valence-corrected chi connectivity index (χ3v) is 10.3. The predicted octanol–water partition coefficient (Wildman–Crippen LogP) is 6.84. The molecule has 0 aliphatic carbocycles. The number of nitro benzene ring substituents is 1. The number of allylic oxidation sites excluding steroid dienone is 1. The molecule has 0 amide bonds. The van der Waals surface area contributed by atoms with Crippen LogP contribution in [0, 0.1) is 10.1 Å². The van der Waals surface area contributed by atoms with Crippen LogP contribution >= 0.6 is 0 Å². The minimum Gasteiger partial charge on any atom is -0.0622 e. The van der Waals surface area contributed by atoms with Gasteiger partial charge in [-0.25, -0.2) is 0 Å². The smallest absolute Gasteiger partial charge is 0.0622 e. The van der Waals surface area contributed by atoms with E-state index in [1.54, 1.807) is 12.1 Å². The Kier molecular flexibility index (Phi) is 7.99. The fourth-order valence-electron chi connectivity index (χ4n) is 5.18. The van der Waals surface area contributed by atoms with Crippen molar-refractivity contribution >= 4 is 36.5 Å². The van der Waals surface area contributed by atoms with E-state index in [0.29, 0.717) is 13.2 Å². The van der Waals surface area contributed by atoms with Crippen LogP contribution in [0.4, 0.5) is 5.69 Å². The van der Waals surface area contributed by atoms with E-state index < -0.39 is 0 Å². The van der Waals surface area contributed by atoms with Gasteiger partial charge in [0.25, 0.3) is 0 Å².